The first-order valence-corrected chi connectivity index (χ1v) is 12.7. The highest BCUT2D eigenvalue weighted by Crippen LogP contribution is 2.33. The number of hydrogen-bond acceptors (Lipinski definition) is 7. The molecule has 3 aliphatic rings. The SMILES string of the molecule is C=C1C/C(=C\c2cnn3c(NC4CC4)cc(-c4ccc(C(=O)N5CCN(C)CC5)s4)nc23)C(=O)N1. The van der Waals surface area contributed by atoms with Gasteiger partial charge >= 0.3 is 0 Å². The van der Waals surface area contributed by atoms with Gasteiger partial charge in [0.2, 0.25) is 0 Å². The number of thiophene rings is 1. The average Bonchev–Trinajstić information content (AvgIpc) is 3.23. The molecule has 0 spiro atoms. The van der Waals surface area contributed by atoms with E-state index in [0.717, 1.165) is 65.9 Å². The van der Waals surface area contributed by atoms with Crippen LogP contribution in [0.4, 0.5) is 5.82 Å². The van der Waals surface area contributed by atoms with Gasteiger partial charge in [-0.15, -0.1) is 11.3 Å². The molecule has 3 aromatic rings. The van der Waals surface area contributed by atoms with Crippen LogP contribution in [0.25, 0.3) is 22.3 Å². The molecule has 0 aromatic carbocycles. The van der Waals surface area contributed by atoms with Gasteiger partial charge in [0, 0.05) is 61.5 Å². The molecule has 5 heterocycles. The summed E-state index contributed by atoms with van der Waals surface area (Å²) in [6, 6.07) is 6.29. The van der Waals surface area contributed by atoms with Crippen LogP contribution < -0.4 is 10.6 Å². The Labute approximate surface area is 207 Å². The summed E-state index contributed by atoms with van der Waals surface area (Å²) < 4.78 is 1.79. The zero-order chi connectivity index (χ0) is 24.1. The first-order chi connectivity index (χ1) is 16.9. The topological polar surface area (TPSA) is 94.9 Å². The minimum absolute atomic E-state index is 0.0778. The van der Waals surface area contributed by atoms with Crippen molar-refractivity contribution in [2.45, 2.75) is 25.3 Å². The molecule has 1 saturated carbocycles. The van der Waals surface area contributed by atoms with E-state index in [9.17, 15) is 9.59 Å². The number of anilines is 1. The zero-order valence-electron chi connectivity index (χ0n) is 19.6. The summed E-state index contributed by atoms with van der Waals surface area (Å²) in [5, 5.41) is 10.9. The molecule has 0 bridgehead atoms. The van der Waals surface area contributed by atoms with Crippen LogP contribution in [0.1, 0.15) is 34.5 Å². The highest BCUT2D eigenvalue weighted by Gasteiger charge is 2.26. The number of allylic oxidation sites excluding steroid dienone is 1. The first-order valence-electron chi connectivity index (χ1n) is 11.9. The smallest absolute Gasteiger partial charge is 0.264 e. The quantitative estimate of drug-likeness (QED) is 0.536. The fourth-order valence-corrected chi connectivity index (χ4v) is 5.34. The summed E-state index contributed by atoms with van der Waals surface area (Å²) in [5.74, 6) is 0.805. The molecule has 2 amide bonds. The van der Waals surface area contributed by atoms with Gasteiger partial charge in [-0.3, -0.25) is 9.59 Å². The Bertz CT molecular complexity index is 1380. The van der Waals surface area contributed by atoms with Gasteiger partial charge in [0.15, 0.2) is 5.65 Å². The highest BCUT2D eigenvalue weighted by molar-refractivity contribution is 7.17. The Morgan fingerprint density at radius 2 is 2.06 bits per heavy atom. The minimum Gasteiger partial charge on any atom is -0.367 e. The number of piperazine rings is 1. The number of aromatic nitrogens is 3. The maximum absolute atomic E-state index is 13.1. The molecule has 0 unspecified atom stereocenters. The molecule has 180 valence electrons. The van der Waals surface area contributed by atoms with Crippen LogP contribution in [0.15, 0.2) is 42.2 Å². The van der Waals surface area contributed by atoms with Crippen LogP contribution in [0, 0.1) is 0 Å². The lowest BCUT2D eigenvalue weighted by atomic mass is 10.1. The molecule has 35 heavy (non-hydrogen) atoms. The number of carbonyl (C=O) groups is 2. The van der Waals surface area contributed by atoms with E-state index >= 15 is 0 Å². The minimum atomic E-state index is -0.132. The van der Waals surface area contributed by atoms with Gasteiger partial charge < -0.3 is 20.4 Å². The fourth-order valence-electron chi connectivity index (χ4n) is 4.40. The lowest BCUT2D eigenvalue weighted by molar-refractivity contribution is -0.115. The summed E-state index contributed by atoms with van der Waals surface area (Å²) in [6.07, 6.45) is 6.32. The number of rotatable bonds is 5. The molecule has 2 aliphatic heterocycles. The van der Waals surface area contributed by atoms with E-state index < -0.39 is 0 Å². The molecule has 2 N–H and O–H groups in total. The van der Waals surface area contributed by atoms with Crippen LogP contribution in [0.2, 0.25) is 0 Å². The summed E-state index contributed by atoms with van der Waals surface area (Å²) >= 11 is 1.47. The predicted molar refractivity (Wildman–Crippen MR) is 136 cm³/mol. The van der Waals surface area contributed by atoms with Crippen molar-refractivity contribution >= 4 is 40.7 Å². The maximum Gasteiger partial charge on any atom is 0.264 e. The van der Waals surface area contributed by atoms with Gasteiger partial charge in [0.1, 0.15) is 5.82 Å². The van der Waals surface area contributed by atoms with Gasteiger partial charge in [-0.05, 0) is 38.1 Å². The molecule has 1 aliphatic carbocycles. The number of nitrogens with one attached hydrogen (secondary N) is 2. The molecule has 0 radical (unpaired) electrons. The van der Waals surface area contributed by atoms with Crippen LogP contribution in [0.5, 0.6) is 0 Å². The third kappa shape index (κ3) is 4.35. The normalized spacial score (nSPS) is 20.1. The second-order valence-electron chi connectivity index (χ2n) is 9.44. The molecule has 2 saturated heterocycles. The molecule has 0 atom stereocenters. The van der Waals surface area contributed by atoms with E-state index in [1.165, 1.54) is 11.3 Å². The van der Waals surface area contributed by atoms with Gasteiger partial charge in [-0.25, -0.2) is 4.98 Å². The summed E-state index contributed by atoms with van der Waals surface area (Å²) in [5.41, 5.74) is 3.56. The second kappa shape index (κ2) is 8.62. The molecule has 9 nitrogen and oxygen atoms in total. The van der Waals surface area contributed by atoms with Crippen molar-refractivity contribution in [3.63, 3.8) is 0 Å². The lowest BCUT2D eigenvalue weighted by Crippen LogP contribution is -2.46. The number of likely N-dealkylation sites (N-methyl/N-ethyl adjacent to an activating group) is 1. The summed E-state index contributed by atoms with van der Waals surface area (Å²) in [4.78, 5) is 36.0. The van der Waals surface area contributed by atoms with Gasteiger partial charge in [-0.2, -0.15) is 9.61 Å². The van der Waals surface area contributed by atoms with Crippen LogP contribution in [-0.2, 0) is 4.79 Å². The van der Waals surface area contributed by atoms with Crippen LogP contribution in [0.3, 0.4) is 0 Å². The fraction of sp³-hybridized carbons (Fsp3) is 0.360. The van der Waals surface area contributed by atoms with Crippen molar-refractivity contribution in [2.24, 2.45) is 0 Å². The second-order valence-corrected chi connectivity index (χ2v) is 10.5. The standard InChI is InChI=1S/C25H27N7O2S/c1-15-11-16(24(33)27-15)12-17-14-26-32-22(28-18-3-4-18)13-19(29-23(17)32)20-5-6-21(35-20)25(34)31-9-7-30(2)8-10-31/h5-6,12-14,18,28H,1,3-4,7-11H2,2H3,(H,27,33)/b16-12+. The summed E-state index contributed by atoms with van der Waals surface area (Å²) in [6.45, 7) is 7.13. The van der Waals surface area contributed by atoms with Gasteiger partial charge in [0.25, 0.3) is 11.8 Å². The number of carbonyl (C=O) groups excluding carboxylic acids is 2. The zero-order valence-corrected chi connectivity index (χ0v) is 20.4. The Morgan fingerprint density at radius 3 is 2.77 bits per heavy atom. The molecular weight excluding hydrogens is 462 g/mol. The van der Waals surface area contributed by atoms with Crippen molar-refractivity contribution in [3.05, 3.63) is 52.7 Å². The van der Waals surface area contributed by atoms with Crippen LogP contribution in [-0.4, -0.2) is 75.5 Å². The van der Waals surface area contributed by atoms with E-state index in [2.05, 4.69) is 34.3 Å². The van der Waals surface area contributed by atoms with Crippen molar-refractivity contribution < 1.29 is 9.59 Å². The third-order valence-electron chi connectivity index (χ3n) is 6.60. The Morgan fingerprint density at radius 1 is 1.26 bits per heavy atom. The monoisotopic (exact) mass is 489 g/mol. The number of amides is 2. The molecule has 6 rings (SSSR count). The van der Waals surface area contributed by atoms with Crippen molar-refractivity contribution in [2.75, 3.05) is 38.5 Å². The molecular formula is C25H27N7O2S. The Kier molecular flexibility index (Phi) is 5.42. The van der Waals surface area contributed by atoms with E-state index in [1.807, 2.05) is 29.2 Å². The first kappa shape index (κ1) is 22.0. The van der Waals surface area contributed by atoms with E-state index in [-0.39, 0.29) is 11.8 Å². The lowest BCUT2D eigenvalue weighted by Gasteiger charge is -2.32. The summed E-state index contributed by atoms with van der Waals surface area (Å²) in [7, 11) is 2.08. The Balaban J connectivity index is 1.36. The molecule has 3 aromatic heterocycles. The van der Waals surface area contributed by atoms with E-state index in [4.69, 9.17) is 4.98 Å². The highest BCUT2D eigenvalue weighted by atomic mass is 32.1. The predicted octanol–water partition coefficient (Wildman–Crippen LogP) is 2.84. The number of fused-ring (bicyclic) bond motifs is 1. The van der Waals surface area contributed by atoms with E-state index in [0.29, 0.717) is 29.4 Å². The third-order valence-corrected chi connectivity index (χ3v) is 7.70. The van der Waals surface area contributed by atoms with Crippen molar-refractivity contribution in [1.29, 1.82) is 0 Å². The average molecular weight is 490 g/mol. The van der Waals surface area contributed by atoms with Gasteiger partial charge in [-0.1, -0.05) is 6.58 Å². The number of nitrogens with zero attached hydrogens (tertiary/aromatic N) is 5. The van der Waals surface area contributed by atoms with Crippen LogP contribution >= 0.6 is 11.3 Å². The molecule has 10 heteroatoms. The van der Waals surface area contributed by atoms with Crippen molar-refractivity contribution in [1.82, 2.24) is 29.7 Å². The largest absolute Gasteiger partial charge is 0.367 e. The van der Waals surface area contributed by atoms with E-state index in [1.54, 1.807) is 10.7 Å². The molecule has 3 fully saturated rings. The van der Waals surface area contributed by atoms with Crippen molar-refractivity contribution in [3.8, 4) is 10.6 Å². The van der Waals surface area contributed by atoms with Gasteiger partial charge in [0.05, 0.1) is 21.6 Å². The maximum atomic E-state index is 13.1. The Hall–Kier alpha value is -3.50. The number of hydrogen-bond donors (Lipinski definition) is 2.